The van der Waals surface area contributed by atoms with Gasteiger partial charge in [-0.3, -0.25) is 19.3 Å². The predicted molar refractivity (Wildman–Crippen MR) is 137 cm³/mol. The van der Waals surface area contributed by atoms with Gasteiger partial charge in [0.1, 0.15) is 18.3 Å². The van der Waals surface area contributed by atoms with Crippen LogP contribution in [0.2, 0.25) is 0 Å². The van der Waals surface area contributed by atoms with E-state index in [1.54, 1.807) is 20.1 Å². The fraction of sp³-hybridized carbons (Fsp3) is 0.321. The highest BCUT2D eigenvalue weighted by Crippen LogP contribution is 2.37. The van der Waals surface area contributed by atoms with Gasteiger partial charge in [-0.05, 0) is 55.5 Å². The van der Waals surface area contributed by atoms with Crippen molar-refractivity contribution >= 4 is 34.2 Å². The monoisotopic (exact) mass is 473 g/mol. The standard InChI is InChI=1S/C28H31N3O4/c1-5-18(2)29-27(33)19(3)30(16-20-9-6-12-22(15-20)35-4)25(32)17-31-24-14-8-11-21-10-7-13-23(26(21)24)28(31)34/h6-15,18-19H,5,16-17H2,1-4H3,(H,29,33)/t18-,19+/m1/s1. The molecule has 0 aromatic heterocycles. The summed E-state index contributed by atoms with van der Waals surface area (Å²) in [5.41, 5.74) is 2.14. The average molecular weight is 474 g/mol. The Bertz CT molecular complexity index is 1270. The molecule has 3 amide bonds. The number of methoxy groups -OCH3 is 1. The van der Waals surface area contributed by atoms with Crippen molar-refractivity contribution in [3.63, 3.8) is 0 Å². The summed E-state index contributed by atoms with van der Waals surface area (Å²) in [5, 5.41) is 4.78. The number of carbonyl (C=O) groups excluding carboxylic acids is 3. The molecular formula is C28H31N3O4. The van der Waals surface area contributed by atoms with Crippen LogP contribution >= 0.6 is 0 Å². The lowest BCUT2D eigenvalue weighted by molar-refractivity contribution is -0.139. The molecule has 0 saturated carbocycles. The van der Waals surface area contributed by atoms with Gasteiger partial charge in [0.15, 0.2) is 0 Å². The SMILES string of the molecule is CC[C@@H](C)NC(=O)[C@H](C)N(Cc1cccc(OC)c1)C(=O)CN1C(=O)c2cccc3cccc1c23. The summed E-state index contributed by atoms with van der Waals surface area (Å²) in [6, 6.07) is 18.0. The number of hydrogen-bond donors (Lipinski definition) is 1. The molecular weight excluding hydrogens is 442 g/mol. The van der Waals surface area contributed by atoms with E-state index in [0.29, 0.717) is 11.3 Å². The number of carbonyl (C=O) groups is 3. The molecule has 1 heterocycles. The highest BCUT2D eigenvalue weighted by atomic mass is 16.5. The van der Waals surface area contributed by atoms with Crippen LogP contribution in [-0.2, 0) is 16.1 Å². The van der Waals surface area contributed by atoms with Crippen molar-refractivity contribution in [3.05, 3.63) is 71.8 Å². The van der Waals surface area contributed by atoms with Crippen LogP contribution in [0.4, 0.5) is 5.69 Å². The summed E-state index contributed by atoms with van der Waals surface area (Å²) < 4.78 is 5.33. The Balaban J connectivity index is 1.62. The Morgan fingerprint density at radius 2 is 1.77 bits per heavy atom. The lowest BCUT2D eigenvalue weighted by Crippen LogP contribution is -2.52. The molecule has 7 nitrogen and oxygen atoms in total. The van der Waals surface area contributed by atoms with Gasteiger partial charge in [0.2, 0.25) is 11.8 Å². The molecule has 0 spiro atoms. The quantitative estimate of drug-likeness (QED) is 0.507. The first-order valence-electron chi connectivity index (χ1n) is 11.9. The van der Waals surface area contributed by atoms with Crippen molar-refractivity contribution in [2.24, 2.45) is 0 Å². The number of benzene rings is 3. The average Bonchev–Trinajstić information content (AvgIpc) is 3.14. The second-order valence-corrected chi connectivity index (χ2v) is 8.94. The number of ether oxygens (including phenoxy) is 1. The third-order valence-corrected chi connectivity index (χ3v) is 6.60. The molecule has 2 atom stereocenters. The minimum atomic E-state index is -0.724. The van der Waals surface area contributed by atoms with Crippen LogP contribution in [0.5, 0.6) is 5.75 Å². The van der Waals surface area contributed by atoms with Crippen LogP contribution in [0.3, 0.4) is 0 Å². The number of amides is 3. The summed E-state index contributed by atoms with van der Waals surface area (Å²) in [4.78, 5) is 43.0. The van der Waals surface area contributed by atoms with Crippen molar-refractivity contribution in [3.8, 4) is 5.75 Å². The van der Waals surface area contributed by atoms with E-state index >= 15 is 0 Å². The maximum atomic E-state index is 13.7. The lowest BCUT2D eigenvalue weighted by atomic mass is 10.1. The van der Waals surface area contributed by atoms with E-state index in [4.69, 9.17) is 4.74 Å². The molecule has 3 aromatic carbocycles. The van der Waals surface area contributed by atoms with Crippen LogP contribution < -0.4 is 15.0 Å². The maximum absolute atomic E-state index is 13.7. The van der Waals surface area contributed by atoms with Crippen LogP contribution in [0.1, 0.15) is 43.1 Å². The van der Waals surface area contributed by atoms with Gasteiger partial charge in [0.05, 0.1) is 12.8 Å². The lowest BCUT2D eigenvalue weighted by Gasteiger charge is -2.31. The van der Waals surface area contributed by atoms with E-state index in [9.17, 15) is 14.4 Å². The third-order valence-electron chi connectivity index (χ3n) is 6.60. The number of anilines is 1. The van der Waals surface area contributed by atoms with Crippen LogP contribution in [0.25, 0.3) is 10.8 Å². The van der Waals surface area contributed by atoms with Gasteiger partial charge in [0, 0.05) is 23.5 Å². The topological polar surface area (TPSA) is 79.0 Å². The van der Waals surface area contributed by atoms with Gasteiger partial charge >= 0.3 is 0 Å². The van der Waals surface area contributed by atoms with E-state index in [0.717, 1.165) is 28.4 Å². The molecule has 35 heavy (non-hydrogen) atoms. The molecule has 0 saturated heterocycles. The first kappa shape index (κ1) is 24.3. The van der Waals surface area contributed by atoms with Gasteiger partial charge in [-0.2, -0.15) is 0 Å². The molecule has 0 bridgehead atoms. The zero-order valence-electron chi connectivity index (χ0n) is 20.6. The van der Waals surface area contributed by atoms with E-state index < -0.39 is 6.04 Å². The molecule has 4 rings (SSSR count). The van der Waals surface area contributed by atoms with Crippen molar-refractivity contribution in [2.75, 3.05) is 18.6 Å². The highest BCUT2D eigenvalue weighted by molar-refractivity contribution is 6.26. The fourth-order valence-electron chi connectivity index (χ4n) is 4.38. The summed E-state index contributed by atoms with van der Waals surface area (Å²) in [7, 11) is 1.58. The Morgan fingerprint density at radius 1 is 1.06 bits per heavy atom. The predicted octanol–water partition coefficient (Wildman–Crippen LogP) is 4.14. The fourth-order valence-corrected chi connectivity index (χ4v) is 4.38. The molecule has 0 radical (unpaired) electrons. The van der Waals surface area contributed by atoms with Crippen LogP contribution in [-0.4, -0.2) is 48.4 Å². The van der Waals surface area contributed by atoms with Crippen LogP contribution in [0, 0.1) is 0 Å². The summed E-state index contributed by atoms with van der Waals surface area (Å²) in [6.45, 7) is 5.70. The number of nitrogens with one attached hydrogen (secondary N) is 1. The molecule has 1 N–H and O–H groups in total. The van der Waals surface area contributed by atoms with Gasteiger partial charge in [-0.25, -0.2) is 0 Å². The smallest absolute Gasteiger partial charge is 0.259 e. The number of rotatable bonds is 9. The van der Waals surface area contributed by atoms with Crippen molar-refractivity contribution in [2.45, 2.75) is 45.8 Å². The Labute approximate surface area is 205 Å². The Kier molecular flexibility index (Phi) is 7.05. The molecule has 1 aliphatic heterocycles. The molecule has 0 fully saturated rings. The van der Waals surface area contributed by atoms with Crippen molar-refractivity contribution < 1.29 is 19.1 Å². The van der Waals surface area contributed by atoms with Gasteiger partial charge in [-0.1, -0.05) is 43.3 Å². The van der Waals surface area contributed by atoms with Crippen molar-refractivity contribution in [1.29, 1.82) is 0 Å². The minimum absolute atomic E-state index is 0.00835. The second-order valence-electron chi connectivity index (χ2n) is 8.94. The van der Waals surface area contributed by atoms with Crippen LogP contribution in [0.15, 0.2) is 60.7 Å². The maximum Gasteiger partial charge on any atom is 0.259 e. The third kappa shape index (κ3) is 4.85. The highest BCUT2D eigenvalue weighted by Gasteiger charge is 2.34. The van der Waals surface area contributed by atoms with Crippen molar-refractivity contribution in [1.82, 2.24) is 10.2 Å². The zero-order valence-corrected chi connectivity index (χ0v) is 20.6. The molecule has 0 aliphatic carbocycles. The molecule has 7 heteroatoms. The van der Waals surface area contributed by atoms with Gasteiger partial charge < -0.3 is 15.0 Å². The molecule has 182 valence electrons. The van der Waals surface area contributed by atoms with Gasteiger partial charge in [0.25, 0.3) is 5.91 Å². The van der Waals surface area contributed by atoms with E-state index in [1.165, 1.54) is 9.80 Å². The summed E-state index contributed by atoms with van der Waals surface area (Å²) >= 11 is 0. The number of nitrogens with zero attached hydrogens (tertiary/aromatic N) is 2. The summed E-state index contributed by atoms with van der Waals surface area (Å²) in [5.74, 6) is -0.0711. The summed E-state index contributed by atoms with van der Waals surface area (Å²) in [6.07, 6.45) is 0.785. The number of hydrogen-bond acceptors (Lipinski definition) is 4. The van der Waals surface area contributed by atoms with E-state index in [-0.39, 0.29) is 36.9 Å². The Hall–Kier alpha value is -3.87. The molecule has 3 aromatic rings. The zero-order chi connectivity index (χ0) is 25.1. The van der Waals surface area contributed by atoms with Gasteiger partial charge in [-0.15, -0.1) is 0 Å². The largest absolute Gasteiger partial charge is 0.497 e. The molecule has 1 aliphatic rings. The normalized spacial score (nSPS) is 14.1. The first-order valence-corrected chi connectivity index (χ1v) is 11.9. The molecule has 0 unspecified atom stereocenters. The Morgan fingerprint density at radius 3 is 2.49 bits per heavy atom. The van der Waals surface area contributed by atoms with E-state index in [2.05, 4.69) is 5.32 Å². The first-order chi connectivity index (χ1) is 16.8. The second kappa shape index (κ2) is 10.2. The minimum Gasteiger partial charge on any atom is -0.497 e. The van der Waals surface area contributed by atoms with E-state index in [1.807, 2.05) is 68.4 Å².